The fraction of sp³-hybridized carbons (Fsp3) is 0.308. The van der Waals surface area contributed by atoms with Crippen molar-refractivity contribution in [2.24, 2.45) is 5.92 Å². The fourth-order valence-electron chi connectivity index (χ4n) is 4.75. The van der Waals surface area contributed by atoms with Crippen LogP contribution in [0.2, 0.25) is 0 Å². The highest BCUT2D eigenvalue weighted by Gasteiger charge is 2.20. The van der Waals surface area contributed by atoms with Crippen LogP contribution in [0.3, 0.4) is 0 Å². The highest BCUT2D eigenvalue weighted by molar-refractivity contribution is 6.26. The van der Waals surface area contributed by atoms with Crippen LogP contribution in [0.25, 0.3) is 43.5 Å². The van der Waals surface area contributed by atoms with Gasteiger partial charge in [0.05, 0.1) is 0 Å². The van der Waals surface area contributed by atoms with E-state index in [4.69, 9.17) is 4.42 Å². The summed E-state index contributed by atoms with van der Waals surface area (Å²) in [4.78, 5) is 26.8. The van der Waals surface area contributed by atoms with Crippen molar-refractivity contribution in [1.29, 1.82) is 0 Å². The van der Waals surface area contributed by atoms with Crippen LogP contribution in [0.5, 0.6) is 0 Å². The molecule has 0 radical (unpaired) electrons. The zero-order valence-electron chi connectivity index (χ0n) is 17.4. The van der Waals surface area contributed by atoms with Crippen LogP contribution in [-0.4, -0.2) is 4.57 Å². The number of benzene rings is 3. The zero-order valence-corrected chi connectivity index (χ0v) is 17.4. The first kappa shape index (κ1) is 18.9. The summed E-state index contributed by atoms with van der Waals surface area (Å²) in [5.41, 5.74) is 1.12. The third-order valence-electron chi connectivity index (χ3n) is 6.45. The maximum absolute atomic E-state index is 13.4. The Morgan fingerprint density at radius 3 is 2.23 bits per heavy atom. The number of rotatable bonds is 6. The Morgan fingerprint density at radius 2 is 1.50 bits per heavy atom. The first-order chi connectivity index (χ1) is 14.6. The lowest BCUT2D eigenvalue weighted by Gasteiger charge is -2.18. The second kappa shape index (κ2) is 7.28. The molecule has 0 aliphatic heterocycles. The van der Waals surface area contributed by atoms with Crippen LogP contribution in [0, 0.1) is 5.92 Å². The van der Waals surface area contributed by atoms with E-state index >= 15 is 0 Å². The standard InChI is InChI=1S/C26H25NO3/c1-3-5-8-16(4-2)15-27-25(28)19-12-11-18-17-9-6-7-10-21(17)30-22-14-13-20(26(27)29)23(19)24(18)22/h6-7,9-14,16H,3-5,8,15H2,1-2H3. The first-order valence-electron chi connectivity index (χ1n) is 10.9. The van der Waals surface area contributed by atoms with Gasteiger partial charge in [0.15, 0.2) is 0 Å². The van der Waals surface area contributed by atoms with Crippen molar-refractivity contribution < 1.29 is 4.42 Å². The van der Waals surface area contributed by atoms with E-state index in [1.807, 2.05) is 48.5 Å². The molecule has 1 unspecified atom stereocenters. The molecule has 0 aliphatic rings. The molecule has 152 valence electrons. The molecule has 0 amide bonds. The van der Waals surface area contributed by atoms with Gasteiger partial charge in [0.2, 0.25) is 0 Å². The van der Waals surface area contributed by atoms with Crippen molar-refractivity contribution in [1.82, 2.24) is 4.57 Å². The van der Waals surface area contributed by atoms with Crippen molar-refractivity contribution in [2.45, 2.75) is 46.1 Å². The quantitative estimate of drug-likeness (QED) is 0.257. The molecule has 5 rings (SSSR count). The topological polar surface area (TPSA) is 52.2 Å². The molecule has 0 saturated carbocycles. The van der Waals surface area contributed by atoms with E-state index in [0.717, 1.165) is 52.8 Å². The van der Waals surface area contributed by atoms with Gasteiger partial charge in [-0.25, -0.2) is 0 Å². The van der Waals surface area contributed by atoms with Gasteiger partial charge in [0.1, 0.15) is 11.2 Å². The van der Waals surface area contributed by atoms with Gasteiger partial charge < -0.3 is 4.42 Å². The third-order valence-corrected chi connectivity index (χ3v) is 6.45. The largest absolute Gasteiger partial charge is 0.456 e. The molecule has 0 fully saturated rings. The van der Waals surface area contributed by atoms with Gasteiger partial charge in [-0.05, 0) is 42.0 Å². The molecular formula is C26H25NO3. The van der Waals surface area contributed by atoms with Crippen LogP contribution >= 0.6 is 0 Å². The maximum Gasteiger partial charge on any atom is 0.261 e. The van der Waals surface area contributed by atoms with E-state index < -0.39 is 0 Å². The lowest BCUT2D eigenvalue weighted by atomic mass is 9.95. The lowest BCUT2D eigenvalue weighted by Crippen LogP contribution is -2.35. The van der Waals surface area contributed by atoms with Crippen molar-refractivity contribution in [3.63, 3.8) is 0 Å². The SMILES string of the molecule is CCCCC(CC)Cn1c(=O)c2ccc3oc4ccccc4c4ccc(c1=O)c2c34. The molecule has 0 aliphatic carbocycles. The summed E-state index contributed by atoms with van der Waals surface area (Å²) in [6.07, 6.45) is 4.23. The van der Waals surface area contributed by atoms with E-state index in [1.165, 1.54) is 4.57 Å². The normalized spacial score (nSPS) is 13.1. The smallest absolute Gasteiger partial charge is 0.261 e. The minimum absolute atomic E-state index is 0.190. The monoisotopic (exact) mass is 399 g/mol. The summed E-state index contributed by atoms with van der Waals surface area (Å²) < 4.78 is 7.57. The number of pyridine rings is 1. The van der Waals surface area contributed by atoms with Crippen LogP contribution in [0.15, 0.2) is 62.5 Å². The molecular weight excluding hydrogens is 374 g/mol. The third kappa shape index (κ3) is 2.74. The van der Waals surface area contributed by atoms with Gasteiger partial charge in [-0.2, -0.15) is 0 Å². The summed E-state index contributed by atoms with van der Waals surface area (Å²) in [7, 11) is 0. The number of fused-ring (bicyclic) bond motifs is 2. The van der Waals surface area contributed by atoms with E-state index in [2.05, 4.69) is 13.8 Å². The van der Waals surface area contributed by atoms with Crippen LogP contribution in [-0.2, 0) is 6.54 Å². The van der Waals surface area contributed by atoms with Gasteiger partial charge in [0.25, 0.3) is 11.1 Å². The molecule has 0 saturated heterocycles. The summed E-state index contributed by atoms with van der Waals surface area (Å²) in [6.45, 7) is 4.78. The number of hydrogen-bond acceptors (Lipinski definition) is 3. The summed E-state index contributed by atoms with van der Waals surface area (Å²) in [5.74, 6) is 0.336. The molecule has 0 bridgehead atoms. The van der Waals surface area contributed by atoms with E-state index in [-0.39, 0.29) is 11.1 Å². The first-order valence-corrected chi connectivity index (χ1v) is 10.9. The van der Waals surface area contributed by atoms with Gasteiger partial charge in [0, 0.05) is 33.5 Å². The second-order valence-corrected chi connectivity index (χ2v) is 8.26. The Hall–Kier alpha value is -3.14. The predicted octanol–water partition coefficient (Wildman–Crippen LogP) is 6.07. The Morgan fingerprint density at radius 1 is 0.800 bits per heavy atom. The zero-order chi connectivity index (χ0) is 20.8. The second-order valence-electron chi connectivity index (χ2n) is 8.26. The Kier molecular flexibility index (Phi) is 4.58. The van der Waals surface area contributed by atoms with Crippen LogP contribution < -0.4 is 11.1 Å². The lowest BCUT2D eigenvalue weighted by molar-refractivity contribution is 0.382. The highest BCUT2D eigenvalue weighted by atomic mass is 16.3. The molecule has 1 atom stereocenters. The van der Waals surface area contributed by atoms with Crippen molar-refractivity contribution >= 4 is 43.5 Å². The number of aromatic nitrogens is 1. The Bertz CT molecular complexity index is 1460. The highest BCUT2D eigenvalue weighted by Crippen LogP contribution is 2.36. The van der Waals surface area contributed by atoms with Crippen LogP contribution in [0.1, 0.15) is 39.5 Å². The molecule has 4 nitrogen and oxygen atoms in total. The summed E-state index contributed by atoms with van der Waals surface area (Å²) in [5, 5.41) is 4.78. The summed E-state index contributed by atoms with van der Waals surface area (Å²) in [6, 6.07) is 15.4. The molecule has 30 heavy (non-hydrogen) atoms. The van der Waals surface area contributed by atoms with E-state index in [1.54, 1.807) is 0 Å². The van der Waals surface area contributed by atoms with Gasteiger partial charge in [-0.15, -0.1) is 0 Å². The van der Waals surface area contributed by atoms with Crippen LogP contribution in [0.4, 0.5) is 0 Å². The number of para-hydroxylation sites is 1. The van der Waals surface area contributed by atoms with E-state index in [0.29, 0.717) is 28.8 Å². The minimum Gasteiger partial charge on any atom is -0.456 e. The number of hydrogen-bond donors (Lipinski definition) is 0. The molecule has 5 aromatic rings. The van der Waals surface area contributed by atoms with Crippen molar-refractivity contribution in [3.8, 4) is 0 Å². The Labute approximate surface area is 174 Å². The van der Waals surface area contributed by atoms with Gasteiger partial charge >= 0.3 is 0 Å². The van der Waals surface area contributed by atoms with Gasteiger partial charge in [-0.3, -0.25) is 14.2 Å². The minimum atomic E-state index is -0.190. The van der Waals surface area contributed by atoms with Crippen molar-refractivity contribution in [3.05, 3.63) is 69.2 Å². The molecule has 4 heteroatoms. The average molecular weight is 399 g/mol. The number of unbranched alkanes of at least 4 members (excludes halogenated alkanes) is 1. The van der Waals surface area contributed by atoms with Crippen molar-refractivity contribution in [2.75, 3.05) is 0 Å². The molecule has 3 aromatic carbocycles. The predicted molar refractivity (Wildman–Crippen MR) is 124 cm³/mol. The molecule has 0 N–H and O–H groups in total. The number of nitrogens with zero attached hydrogens (tertiary/aromatic N) is 1. The Balaban J connectivity index is 1.82. The molecule has 2 aromatic heterocycles. The molecule has 2 heterocycles. The van der Waals surface area contributed by atoms with Gasteiger partial charge in [-0.1, -0.05) is 57.4 Å². The maximum atomic E-state index is 13.4. The average Bonchev–Trinajstić information content (AvgIpc) is 2.78. The summed E-state index contributed by atoms with van der Waals surface area (Å²) >= 11 is 0. The molecule has 0 spiro atoms. The van der Waals surface area contributed by atoms with E-state index in [9.17, 15) is 9.59 Å². The fourth-order valence-corrected chi connectivity index (χ4v) is 4.75.